The third-order valence-corrected chi connectivity index (χ3v) is 5.91. The standard InChI is InChI=1S/C27H31N5O4/c1-18(2)13-14-28-27(34)26(24-10-7-15-36-24)32(22-16-19(3)11-12-23(22)35-4)25(33)17-31-21-9-6-5-8-20(21)29-30-31/h5-12,15-16,18,26H,13-14,17H2,1-4H3,(H,28,34). The Hall–Kier alpha value is -4.14. The molecule has 188 valence electrons. The van der Waals surface area contributed by atoms with E-state index < -0.39 is 6.04 Å². The van der Waals surface area contributed by atoms with E-state index in [1.807, 2.05) is 43.3 Å². The molecule has 0 spiro atoms. The van der Waals surface area contributed by atoms with Gasteiger partial charge >= 0.3 is 0 Å². The van der Waals surface area contributed by atoms with E-state index in [1.165, 1.54) is 23.0 Å². The second-order valence-electron chi connectivity index (χ2n) is 9.07. The van der Waals surface area contributed by atoms with Gasteiger partial charge in [0.2, 0.25) is 5.91 Å². The summed E-state index contributed by atoms with van der Waals surface area (Å²) in [6.07, 6.45) is 2.30. The maximum atomic E-state index is 14.0. The lowest BCUT2D eigenvalue weighted by molar-refractivity contribution is -0.127. The molecule has 1 N–H and O–H groups in total. The van der Waals surface area contributed by atoms with Crippen LogP contribution < -0.4 is 15.0 Å². The number of aryl methyl sites for hydroxylation is 1. The molecule has 0 saturated carbocycles. The number of carbonyl (C=O) groups is 2. The van der Waals surface area contributed by atoms with E-state index in [2.05, 4.69) is 29.5 Å². The summed E-state index contributed by atoms with van der Waals surface area (Å²) in [5.74, 6) is 0.518. The molecule has 4 aromatic rings. The Balaban J connectivity index is 1.78. The second kappa shape index (κ2) is 11.1. The fourth-order valence-corrected chi connectivity index (χ4v) is 4.05. The van der Waals surface area contributed by atoms with E-state index in [0.29, 0.717) is 35.2 Å². The zero-order valence-corrected chi connectivity index (χ0v) is 21.0. The Bertz CT molecular complexity index is 1330. The predicted octanol–water partition coefficient (Wildman–Crippen LogP) is 4.28. The van der Waals surface area contributed by atoms with E-state index in [4.69, 9.17) is 9.15 Å². The third kappa shape index (κ3) is 5.40. The topological polar surface area (TPSA) is 102 Å². The number of nitrogens with zero attached hydrogens (tertiary/aromatic N) is 4. The average molecular weight is 490 g/mol. The van der Waals surface area contributed by atoms with Gasteiger partial charge in [-0.05, 0) is 61.2 Å². The van der Waals surface area contributed by atoms with Crippen LogP contribution in [-0.4, -0.2) is 40.5 Å². The zero-order valence-electron chi connectivity index (χ0n) is 21.0. The molecule has 2 aromatic carbocycles. The number of para-hydroxylation sites is 1. The summed E-state index contributed by atoms with van der Waals surface area (Å²) in [6.45, 7) is 6.45. The number of ether oxygens (including phenoxy) is 1. The summed E-state index contributed by atoms with van der Waals surface area (Å²) in [6, 6.07) is 15.3. The summed E-state index contributed by atoms with van der Waals surface area (Å²) in [5.41, 5.74) is 2.78. The van der Waals surface area contributed by atoms with Crippen molar-refractivity contribution in [3.05, 3.63) is 72.2 Å². The maximum Gasteiger partial charge on any atom is 0.251 e. The van der Waals surface area contributed by atoms with Crippen LogP contribution in [0.25, 0.3) is 11.0 Å². The highest BCUT2D eigenvalue weighted by Gasteiger charge is 2.36. The van der Waals surface area contributed by atoms with Gasteiger partial charge < -0.3 is 14.5 Å². The molecule has 0 saturated heterocycles. The van der Waals surface area contributed by atoms with Crippen molar-refractivity contribution >= 4 is 28.5 Å². The van der Waals surface area contributed by atoms with E-state index in [1.54, 1.807) is 18.2 Å². The van der Waals surface area contributed by atoms with Gasteiger partial charge in [0, 0.05) is 6.54 Å². The van der Waals surface area contributed by atoms with E-state index in [9.17, 15) is 9.59 Å². The Morgan fingerprint density at radius 1 is 1.14 bits per heavy atom. The number of carbonyl (C=O) groups excluding carboxylic acids is 2. The van der Waals surface area contributed by atoms with Crippen molar-refractivity contribution in [1.29, 1.82) is 0 Å². The zero-order chi connectivity index (χ0) is 25.7. The summed E-state index contributed by atoms with van der Waals surface area (Å²) < 4.78 is 12.8. The first-order valence-electron chi connectivity index (χ1n) is 11.9. The van der Waals surface area contributed by atoms with Gasteiger partial charge in [-0.2, -0.15) is 0 Å². The molecule has 1 atom stereocenters. The fraction of sp³-hybridized carbons (Fsp3) is 0.333. The summed E-state index contributed by atoms with van der Waals surface area (Å²) in [5, 5.41) is 11.3. The molecule has 2 aromatic heterocycles. The number of amides is 2. The smallest absolute Gasteiger partial charge is 0.251 e. The van der Waals surface area contributed by atoms with Crippen molar-refractivity contribution in [1.82, 2.24) is 20.3 Å². The Morgan fingerprint density at radius 3 is 2.67 bits per heavy atom. The highest BCUT2D eigenvalue weighted by Crippen LogP contribution is 2.36. The quantitative estimate of drug-likeness (QED) is 0.357. The molecule has 0 bridgehead atoms. The molecule has 0 aliphatic heterocycles. The minimum absolute atomic E-state index is 0.131. The monoisotopic (exact) mass is 489 g/mol. The Morgan fingerprint density at radius 2 is 1.94 bits per heavy atom. The number of furan rings is 1. The van der Waals surface area contributed by atoms with Crippen LogP contribution in [0.1, 0.15) is 37.6 Å². The van der Waals surface area contributed by atoms with Crippen molar-refractivity contribution in [2.24, 2.45) is 5.92 Å². The third-order valence-electron chi connectivity index (χ3n) is 5.91. The van der Waals surface area contributed by atoms with Gasteiger partial charge in [0.25, 0.3) is 5.91 Å². The van der Waals surface area contributed by atoms with Gasteiger partial charge in [-0.15, -0.1) is 5.10 Å². The van der Waals surface area contributed by atoms with Crippen LogP contribution in [-0.2, 0) is 16.1 Å². The van der Waals surface area contributed by atoms with Crippen LogP contribution in [0.4, 0.5) is 5.69 Å². The minimum Gasteiger partial charge on any atom is -0.495 e. The van der Waals surface area contributed by atoms with Crippen LogP contribution in [0.5, 0.6) is 5.75 Å². The number of aromatic nitrogens is 3. The number of benzene rings is 2. The van der Waals surface area contributed by atoms with Crippen LogP contribution in [0.15, 0.2) is 65.3 Å². The fourth-order valence-electron chi connectivity index (χ4n) is 4.05. The number of anilines is 1. The second-order valence-corrected chi connectivity index (χ2v) is 9.07. The van der Waals surface area contributed by atoms with Gasteiger partial charge in [0.15, 0.2) is 6.04 Å². The van der Waals surface area contributed by atoms with Crippen molar-refractivity contribution < 1.29 is 18.7 Å². The molecule has 0 aliphatic rings. The normalized spacial score (nSPS) is 12.0. The first-order chi connectivity index (χ1) is 17.4. The van der Waals surface area contributed by atoms with E-state index in [0.717, 1.165) is 17.5 Å². The number of methoxy groups -OCH3 is 1. The highest BCUT2D eigenvalue weighted by molar-refractivity contribution is 6.02. The predicted molar refractivity (Wildman–Crippen MR) is 137 cm³/mol. The Kier molecular flexibility index (Phi) is 7.68. The van der Waals surface area contributed by atoms with Crippen LogP contribution in [0.2, 0.25) is 0 Å². The average Bonchev–Trinajstić information content (AvgIpc) is 3.52. The van der Waals surface area contributed by atoms with Crippen LogP contribution in [0, 0.1) is 12.8 Å². The SMILES string of the molecule is COc1ccc(C)cc1N(C(=O)Cn1nnc2ccccc21)C(C(=O)NCCC(C)C)c1ccco1. The summed E-state index contributed by atoms with van der Waals surface area (Å²) >= 11 is 0. The molecule has 0 radical (unpaired) electrons. The number of nitrogens with one attached hydrogen (secondary N) is 1. The lowest BCUT2D eigenvalue weighted by atomic mass is 10.1. The largest absolute Gasteiger partial charge is 0.495 e. The lowest BCUT2D eigenvalue weighted by Gasteiger charge is -2.31. The molecule has 9 heteroatoms. The number of hydrogen-bond donors (Lipinski definition) is 1. The number of rotatable bonds is 10. The molecule has 0 fully saturated rings. The van der Waals surface area contributed by atoms with E-state index >= 15 is 0 Å². The number of fused-ring (bicyclic) bond motifs is 1. The van der Waals surface area contributed by atoms with Crippen molar-refractivity contribution in [2.45, 2.75) is 39.8 Å². The maximum absolute atomic E-state index is 14.0. The molecular formula is C27H31N5O4. The van der Waals surface area contributed by atoms with Gasteiger partial charge in [-0.25, -0.2) is 4.68 Å². The summed E-state index contributed by atoms with van der Waals surface area (Å²) in [7, 11) is 1.53. The highest BCUT2D eigenvalue weighted by atomic mass is 16.5. The molecule has 0 aliphatic carbocycles. The molecular weight excluding hydrogens is 458 g/mol. The van der Waals surface area contributed by atoms with Crippen molar-refractivity contribution in [3.63, 3.8) is 0 Å². The molecule has 4 rings (SSSR count). The first kappa shape index (κ1) is 25.0. The van der Waals surface area contributed by atoms with E-state index in [-0.39, 0.29) is 18.4 Å². The Labute approximate surface area is 210 Å². The van der Waals surface area contributed by atoms with Crippen LogP contribution >= 0.6 is 0 Å². The molecule has 36 heavy (non-hydrogen) atoms. The van der Waals surface area contributed by atoms with Gasteiger partial charge in [0.05, 0.1) is 24.6 Å². The van der Waals surface area contributed by atoms with Crippen molar-refractivity contribution in [3.8, 4) is 5.75 Å². The lowest BCUT2D eigenvalue weighted by Crippen LogP contribution is -2.45. The number of hydrogen-bond acceptors (Lipinski definition) is 6. The molecule has 2 heterocycles. The first-order valence-corrected chi connectivity index (χ1v) is 11.9. The minimum atomic E-state index is -1.05. The van der Waals surface area contributed by atoms with Crippen molar-refractivity contribution in [2.75, 3.05) is 18.6 Å². The summed E-state index contributed by atoms with van der Waals surface area (Å²) in [4.78, 5) is 29.1. The van der Waals surface area contributed by atoms with Crippen LogP contribution in [0.3, 0.4) is 0 Å². The molecule has 2 amide bonds. The molecule has 9 nitrogen and oxygen atoms in total. The van der Waals surface area contributed by atoms with Gasteiger partial charge in [0.1, 0.15) is 23.6 Å². The van der Waals surface area contributed by atoms with Gasteiger partial charge in [-0.3, -0.25) is 14.5 Å². The molecule has 1 unspecified atom stereocenters. The van der Waals surface area contributed by atoms with Gasteiger partial charge in [-0.1, -0.05) is 37.3 Å².